The van der Waals surface area contributed by atoms with Crippen molar-refractivity contribution in [2.75, 3.05) is 6.54 Å². The smallest absolute Gasteiger partial charge is 0.308 e. The van der Waals surface area contributed by atoms with Crippen molar-refractivity contribution in [3.8, 4) is 0 Å². The van der Waals surface area contributed by atoms with Gasteiger partial charge >= 0.3 is 5.97 Å². The van der Waals surface area contributed by atoms with E-state index >= 15 is 0 Å². The van der Waals surface area contributed by atoms with E-state index in [0.29, 0.717) is 11.3 Å². The molecule has 0 aliphatic carbocycles. The molecule has 0 bridgehead atoms. The number of carbonyl (C=O) groups excluding carboxylic acids is 1. The zero-order chi connectivity index (χ0) is 11.4. The molecule has 1 rings (SSSR count). The van der Waals surface area contributed by atoms with E-state index < -0.39 is 11.9 Å². The van der Waals surface area contributed by atoms with Crippen molar-refractivity contribution in [2.45, 2.75) is 13.8 Å². The molecule has 1 atom stereocenters. The van der Waals surface area contributed by atoms with E-state index in [-0.39, 0.29) is 12.5 Å². The van der Waals surface area contributed by atoms with Crippen LogP contribution in [0.3, 0.4) is 0 Å². The predicted molar refractivity (Wildman–Crippen MR) is 52.6 cm³/mol. The van der Waals surface area contributed by atoms with Crippen LogP contribution in [0.2, 0.25) is 0 Å². The third kappa shape index (κ3) is 3.12. The Balaban J connectivity index is 2.47. The number of carboxylic acid groups (broad SMARTS) is 1. The van der Waals surface area contributed by atoms with E-state index in [1.165, 1.54) is 13.2 Å². The maximum atomic E-state index is 11.4. The molecule has 1 aromatic rings. The number of rotatable bonds is 4. The molecule has 0 fully saturated rings. The minimum Gasteiger partial charge on any atom is -0.481 e. The molecule has 0 aromatic carbocycles. The van der Waals surface area contributed by atoms with E-state index in [1.807, 2.05) is 0 Å². The Morgan fingerprint density at radius 3 is 2.73 bits per heavy atom. The first-order valence-corrected chi connectivity index (χ1v) is 4.57. The number of hydrogen-bond donors (Lipinski definition) is 2. The van der Waals surface area contributed by atoms with Gasteiger partial charge in [-0.15, -0.1) is 0 Å². The second-order valence-electron chi connectivity index (χ2n) is 3.40. The molecule has 0 saturated heterocycles. The average Bonchev–Trinajstić information content (AvgIpc) is 2.60. The number of nitrogens with one attached hydrogen (secondary N) is 1. The van der Waals surface area contributed by atoms with Crippen LogP contribution >= 0.6 is 0 Å². The first-order chi connectivity index (χ1) is 7.00. The van der Waals surface area contributed by atoms with E-state index in [0.717, 1.165) is 0 Å². The summed E-state index contributed by atoms with van der Waals surface area (Å²) in [5.74, 6) is -1.20. The molecule has 82 valence electrons. The molecule has 0 saturated carbocycles. The van der Waals surface area contributed by atoms with E-state index in [4.69, 9.17) is 9.52 Å². The summed E-state index contributed by atoms with van der Waals surface area (Å²) in [6, 6.07) is 1.60. The largest absolute Gasteiger partial charge is 0.481 e. The summed E-state index contributed by atoms with van der Waals surface area (Å²) in [5, 5.41) is 11.1. The van der Waals surface area contributed by atoms with Gasteiger partial charge in [-0.3, -0.25) is 9.59 Å². The van der Waals surface area contributed by atoms with Gasteiger partial charge < -0.3 is 14.8 Å². The molecule has 5 heteroatoms. The molecule has 0 radical (unpaired) electrons. The first kappa shape index (κ1) is 11.3. The summed E-state index contributed by atoms with van der Waals surface area (Å²) in [4.78, 5) is 21.9. The Hall–Kier alpha value is -1.78. The highest BCUT2D eigenvalue weighted by atomic mass is 16.4. The lowest BCUT2D eigenvalue weighted by Crippen LogP contribution is -2.31. The second kappa shape index (κ2) is 4.63. The molecular formula is C10H13NO4. The number of amides is 1. The fraction of sp³-hybridized carbons (Fsp3) is 0.400. The lowest BCUT2D eigenvalue weighted by Gasteiger charge is -2.06. The van der Waals surface area contributed by atoms with Crippen molar-refractivity contribution >= 4 is 11.9 Å². The summed E-state index contributed by atoms with van der Waals surface area (Å²) in [5.41, 5.74) is 0.407. The molecule has 0 spiro atoms. The maximum Gasteiger partial charge on any atom is 0.308 e. The summed E-state index contributed by atoms with van der Waals surface area (Å²) in [7, 11) is 0. The number of aliphatic carboxylic acids is 1. The second-order valence-corrected chi connectivity index (χ2v) is 3.40. The van der Waals surface area contributed by atoms with Crippen molar-refractivity contribution in [2.24, 2.45) is 5.92 Å². The molecule has 5 nitrogen and oxygen atoms in total. The summed E-state index contributed by atoms with van der Waals surface area (Å²) < 4.78 is 4.96. The molecule has 15 heavy (non-hydrogen) atoms. The van der Waals surface area contributed by atoms with Gasteiger partial charge in [-0.05, 0) is 13.0 Å². The topological polar surface area (TPSA) is 79.5 Å². The van der Waals surface area contributed by atoms with Crippen LogP contribution in [0.1, 0.15) is 23.0 Å². The summed E-state index contributed by atoms with van der Waals surface area (Å²) in [6.07, 6.45) is 1.34. The van der Waals surface area contributed by atoms with Crippen LogP contribution in [-0.2, 0) is 4.79 Å². The van der Waals surface area contributed by atoms with Gasteiger partial charge in [0.25, 0.3) is 5.91 Å². The average molecular weight is 211 g/mol. The van der Waals surface area contributed by atoms with Gasteiger partial charge in [-0.2, -0.15) is 0 Å². The fourth-order valence-electron chi connectivity index (χ4n) is 0.998. The standard InChI is InChI=1S/C10H13NO4/c1-6(10(13)14)4-11-9(12)8-3-7(2)15-5-8/h3,5-6H,4H2,1-2H3,(H,11,12)(H,13,14). The number of carbonyl (C=O) groups is 2. The highest BCUT2D eigenvalue weighted by molar-refractivity contribution is 5.94. The van der Waals surface area contributed by atoms with Crippen molar-refractivity contribution in [3.05, 3.63) is 23.7 Å². The quantitative estimate of drug-likeness (QED) is 0.779. The van der Waals surface area contributed by atoms with Crippen LogP contribution in [0, 0.1) is 12.8 Å². The minimum absolute atomic E-state index is 0.110. The number of aryl methyl sites for hydroxylation is 1. The Morgan fingerprint density at radius 2 is 2.27 bits per heavy atom. The Kier molecular flexibility index (Phi) is 3.49. The summed E-state index contributed by atoms with van der Waals surface area (Å²) in [6.45, 7) is 3.37. The third-order valence-electron chi connectivity index (χ3n) is 1.98. The first-order valence-electron chi connectivity index (χ1n) is 4.57. The maximum absolute atomic E-state index is 11.4. The van der Waals surface area contributed by atoms with Crippen molar-refractivity contribution in [1.82, 2.24) is 5.32 Å². The molecule has 2 N–H and O–H groups in total. The third-order valence-corrected chi connectivity index (χ3v) is 1.98. The lowest BCUT2D eigenvalue weighted by atomic mass is 10.2. The highest BCUT2D eigenvalue weighted by Crippen LogP contribution is 2.05. The lowest BCUT2D eigenvalue weighted by molar-refractivity contribution is -0.140. The van der Waals surface area contributed by atoms with Crippen LogP contribution in [0.5, 0.6) is 0 Å². The normalized spacial score (nSPS) is 12.1. The molecular weight excluding hydrogens is 198 g/mol. The van der Waals surface area contributed by atoms with Crippen molar-refractivity contribution in [3.63, 3.8) is 0 Å². The molecule has 0 aliphatic rings. The van der Waals surface area contributed by atoms with Crippen LogP contribution in [-0.4, -0.2) is 23.5 Å². The van der Waals surface area contributed by atoms with Crippen molar-refractivity contribution < 1.29 is 19.1 Å². The fourth-order valence-corrected chi connectivity index (χ4v) is 0.998. The molecule has 1 unspecified atom stereocenters. The molecule has 1 amide bonds. The Morgan fingerprint density at radius 1 is 1.60 bits per heavy atom. The predicted octanol–water partition coefficient (Wildman–Crippen LogP) is 1.04. The van der Waals surface area contributed by atoms with Crippen LogP contribution in [0.25, 0.3) is 0 Å². The van der Waals surface area contributed by atoms with Gasteiger partial charge in [0.15, 0.2) is 0 Å². The van der Waals surface area contributed by atoms with Gasteiger partial charge in [0, 0.05) is 6.54 Å². The SMILES string of the molecule is Cc1cc(C(=O)NCC(C)C(=O)O)co1. The molecule has 1 aromatic heterocycles. The van der Waals surface area contributed by atoms with Crippen molar-refractivity contribution in [1.29, 1.82) is 0 Å². The monoisotopic (exact) mass is 211 g/mol. The van der Waals surface area contributed by atoms with Crippen LogP contribution in [0.4, 0.5) is 0 Å². The number of hydrogen-bond acceptors (Lipinski definition) is 3. The number of carboxylic acids is 1. The van der Waals surface area contributed by atoms with E-state index in [2.05, 4.69) is 5.32 Å². The zero-order valence-electron chi connectivity index (χ0n) is 8.61. The van der Waals surface area contributed by atoms with Crippen LogP contribution in [0.15, 0.2) is 16.7 Å². The molecule has 0 aliphatic heterocycles. The van der Waals surface area contributed by atoms with Gasteiger partial charge in [-0.25, -0.2) is 0 Å². The van der Waals surface area contributed by atoms with Crippen LogP contribution < -0.4 is 5.32 Å². The van der Waals surface area contributed by atoms with Gasteiger partial charge in [0.05, 0.1) is 11.5 Å². The van der Waals surface area contributed by atoms with Gasteiger partial charge in [-0.1, -0.05) is 6.92 Å². The van der Waals surface area contributed by atoms with E-state index in [1.54, 1.807) is 13.0 Å². The van der Waals surface area contributed by atoms with Gasteiger partial charge in [0.1, 0.15) is 12.0 Å². The summed E-state index contributed by atoms with van der Waals surface area (Å²) >= 11 is 0. The minimum atomic E-state index is -0.932. The zero-order valence-corrected chi connectivity index (χ0v) is 8.61. The van der Waals surface area contributed by atoms with Gasteiger partial charge in [0.2, 0.25) is 0 Å². The van der Waals surface area contributed by atoms with E-state index in [9.17, 15) is 9.59 Å². The highest BCUT2D eigenvalue weighted by Gasteiger charge is 2.13. The number of furan rings is 1. The Labute approximate surface area is 87.1 Å². The Bertz CT molecular complexity index is 369. The molecule has 1 heterocycles.